The number of hydrogen-bond donors (Lipinski definition) is 2. The molecule has 0 aliphatic carbocycles. The molecule has 36 heavy (non-hydrogen) atoms. The molecular formula is C24H18F2N6O4. The normalized spacial score (nSPS) is 10.6. The molecule has 0 atom stereocenters. The first-order chi connectivity index (χ1) is 17.3. The third-order valence-corrected chi connectivity index (χ3v) is 5.29. The van der Waals surface area contributed by atoms with Crippen molar-refractivity contribution in [1.29, 1.82) is 5.26 Å². The van der Waals surface area contributed by atoms with Gasteiger partial charge in [-0.25, -0.2) is 22.9 Å². The summed E-state index contributed by atoms with van der Waals surface area (Å²) >= 11 is 0. The Bertz CT molecular complexity index is 1670. The number of H-pyrrole nitrogens is 1. The maximum Gasteiger partial charge on any atom is 0.355 e. The van der Waals surface area contributed by atoms with Crippen LogP contribution in [0.25, 0.3) is 0 Å². The molecule has 0 spiro atoms. The molecule has 4 aromatic rings. The second kappa shape index (κ2) is 10.1. The lowest BCUT2D eigenvalue weighted by atomic mass is 10.1. The molecule has 0 radical (unpaired) electrons. The summed E-state index contributed by atoms with van der Waals surface area (Å²) in [4.78, 5) is 44.6. The number of nitriles is 1. The lowest BCUT2D eigenvalue weighted by Crippen LogP contribution is -2.43. The predicted octanol–water partition coefficient (Wildman–Crippen LogP) is 2.09. The van der Waals surface area contributed by atoms with Crippen LogP contribution in [0, 0.1) is 23.0 Å². The second-order valence-electron chi connectivity index (χ2n) is 7.59. The molecule has 12 heteroatoms. The van der Waals surface area contributed by atoms with Crippen LogP contribution in [-0.4, -0.2) is 26.2 Å². The molecule has 0 fully saturated rings. The van der Waals surface area contributed by atoms with Crippen LogP contribution in [0.3, 0.4) is 0 Å². The molecule has 2 aromatic heterocycles. The van der Waals surface area contributed by atoms with Crippen molar-refractivity contribution in [1.82, 2.24) is 19.1 Å². The van der Waals surface area contributed by atoms with Crippen LogP contribution in [0.1, 0.15) is 16.7 Å². The average molecular weight is 492 g/mol. The van der Waals surface area contributed by atoms with E-state index in [-0.39, 0.29) is 41.6 Å². The molecule has 10 nitrogen and oxygen atoms in total. The third-order valence-electron chi connectivity index (χ3n) is 5.29. The van der Waals surface area contributed by atoms with Gasteiger partial charge in [0.1, 0.15) is 23.5 Å². The first kappa shape index (κ1) is 24.1. The fraction of sp³-hybridized carbons (Fsp3) is 0.125. The Morgan fingerprint density at radius 2 is 1.86 bits per heavy atom. The van der Waals surface area contributed by atoms with Crippen LogP contribution in [0.4, 0.5) is 20.4 Å². The van der Waals surface area contributed by atoms with E-state index < -0.39 is 28.6 Å². The number of hydrogen-bond acceptors (Lipinski definition) is 7. The number of halogens is 2. The van der Waals surface area contributed by atoms with Crippen molar-refractivity contribution in [2.24, 2.45) is 0 Å². The van der Waals surface area contributed by atoms with Gasteiger partial charge in [-0.15, -0.1) is 0 Å². The monoisotopic (exact) mass is 492 g/mol. The molecule has 0 saturated heterocycles. The van der Waals surface area contributed by atoms with Crippen molar-refractivity contribution < 1.29 is 13.5 Å². The summed E-state index contributed by atoms with van der Waals surface area (Å²) in [5.74, 6) is -1.51. The fourth-order valence-electron chi connectivity index (χ4n) is 3.44. The number of nitrogens with one attached hydrogen (secondary N) is 2. The van der Waals surface area contributed by atoms with Gasteiger partial charge in [-0.3, -0.25) is 9.36 Å². The van der Waals surface area contributed by atoms with Crippen molar-refractivity contribution in [2.45, 2.75) is 13.1 Å². The second-order valence-corrected chi connectivity index (χ2v) is 7.59. The van der Waals surface area contributed by atoms with Crippen LogP contribution in [0.2, 0.25) is 0 Å². The highest BCUT2D eigenvalue weighted by atomic mass is 19.1. The Hall–Kier alpha value is -5.05. The van der Waals surface area contributed by atoms with E-state index in [0.29, 0.717) is 5.56 Å². The first-order valence-electron chi connectivity index (χ1n) is 10.5. The van der Waals surface area contributed by atoms with E-state index in [1.807, 2.05) is 0 Å². The minimum Gasteiger partial charge on any atom is -0.497 e. The van der Waals surface area contributed by atoms with Crippen molar-refractivity contribution in [3.63, 3.8) is 0 Å². The van der Waals surface area contributed by atoms with Crippen LogP contribution < -0.4 is 27.0 Å². The molecule has 0 amide bonds. The number of nitrogens with zero attached hydrogens (tertiary/aromatic N) is 4. The van der Waals surface area contributed by atoms with Crippen LogP contribution in [-0.2, 0) is 13.1 Å². The van der Waals surface area contributed by atoms with Gasteiger partial charge in [0.15, 0.2) is 0 Å². The topological polar surface area (TPSA) is 135 Å². The number of anilines is 2. The number of pyridine rings is 1. The van der Waals surface area contributed by atoms with Gasteiger partial charge in [0.25, 0.3) is 5.56 Å². The molecule has 2 aromatic carbocycles. The summed E-state index contributed by atoms with van der Waals surface area (Å²) in [7, 11) is 1.37. The van der Waals surface area contributed by atoms with Crippen molar-refractivity contribution >= 4 is 11.6 Å². The SMILES string of the molecule is COc1ccc(Nc2nc(=O)n(Cc3ccc[nH]c3=O)c(=O)n2Cc2ccc(F)c(C#N)c2)c(F)c1. The van der Waals surface area contributed by atoms with Crippen LogP contribution >= 0.6 is 0 Å². The molecule has 0 unspecified atom stereocenters. The molecule has 0 saturated carbocycles. The Balaban J connectivity index is 1.84. The maximum atomic E-state index is 14.6. The third kappa shape index (κ3) is 4.90. The van der Waals surface area contributed by atoms with Gasteiger partial charge in [-0.1, -0.05) is 12.1 Å². The fourth-order valence-corrected chi connectivity index (χ4v) is 3.44. The minimum atomic E-state index is -0.979. The predicted molar refractivity (Wildman–Crippen MR) is 125 cm³/mol. The van der Waals surface area contributed by atoms with Gasteiger partial charge >= 0.3 is 11.4 Å². The summed E-state index contributed by atoms with van der Waals surface area (Å²) in [6.45, 7) is -0.614. The zero-order valence-electron chi connectivity index (χ0n) is 18.8. The van der Waals surface area contributed by atoms with Crippen LogP contribution in [0.15, 0.2) is 69.1 Å². The van der Waals surface area contributed by atoms with Crippen LogP contribution in [0.5, 0.6) is 5.75 Å². The van der Waals surface area contributed by atoms with Gasteiger partial charge < -0.3 is 15.0 Å². The zero-order valence-corrected chi connectivity index (χ0v) is 18.8. The molecule has 2 heterocycles. The molecule has 4 rings (SSSR count). The lowest BCUT2D eigenvalue weighted by Gasteiger charge is -2.16. The largest absolute Gasteiger partial charge is 0.497 e. The van der Waals surface area contributed by atoms with E-state index >= 15 is 0 Å². The van der Waals surface area contributed by atoms with E-state index in [0.717, 1.165) is 21.3 Å². The Morgan fingerprint density at radius 3 is 2.56 bits per heavy atom. The van der Waals surface area contributed by atoms with E-state index in [9.17, 15) is 23.2 Å². The smallest absolute Gasteiger partial charge is 0.355 e. The minimum absolute atomic E-state index is 0.0927. The highest BCUT2D eigenvalue weighted by Crippen LogP contribution is 2.23. The van der Waals surface area contributed by atoms with E-state index in [1.54, 1.807) is 6.07 Å². The van der Waals surface area contributed by atoms with Gasteiger partial charge in [0.2, 0.25) is 5.95 Å². The molecule has 0 bridgehead atoms. The number of benzene rings is 2. The Morgan fingerprint density at radius 1 is 1.06 bits per heavy atom. The highest BCUT2D eigenvalue weighted by molar-refractivity contribution is 5.56. The summed E-state index contributed by atoms with van der Waals surface area (Å²) in [6.07, 6.45) is 1.41. The van der Waals surface area contributed by atoms with Crippen molar-refractivity contribution in [3.8, 4) is 11.8 Å². The van der Waals surface area contributed by atoms with E-state index in [4.69, 9.17) is 10.00 Å². The summed E-state index contributed by atoms with van der Waals surface area (Å²) in [5.41, 5.74) is -2.18. The summed E-state index contributed by atoms with van der Waals surface area (Å²) < 4.78 is 35.1. The number of methoxy groups -OCH3 is 1. The van der Waals surface area contributed by atoms with E-state index in [1.165, 1.54) is 49.7 Å². The average Bonchev–Trinajstić information content (AvgIpc) is 2.87. The molecule has 0 aliphatic rings. The quantitative estimate of drug-likeness (QED) is 0.403. The van der Waals surface area contributed by atoms with Crippen molar-refractivity contribution in [3.05, 3.63) is 114 Å². The molecule has 182 valence electrons. The summed E-state index contributed by atoms with van der Waals surface area (Å²) in [6, 6.07) is 12.3. The number of aromatic nitrogens is 4. The van der Waals surface area contributed by atoms with Crippen molar-refractivity contribution in [2.75, 3.05) is 12.4 Å². The Labute approximate surface area is 201 Å². The maximum absolute atomic E-state index is 14.6. The number of ether oxygens (including phenoxy) is 1. The summed E-state index contributed by atoms with van der Waals surface area (Å²) in [5, 5.41) is 11.8. The standard InChI is InChI=1S/C24H18F2N6O4/c1-36-17-5-7-20(19(26)10-17)29-22-30-23(34)32(13-15-3-2-8-28-21(15)33)24(35)31(22)12-14-4-6-18(25)16(9-14)11-27/h2-10H,12-13H2,1H3,(H,28,33)(H,29,30,34). The highest BCUT2D eigenvalue weighted by Gasteiger charge is 2.17. The van der Waals surface area contributed by atoms with Gasteiger partial charge in [0.05, 0.1) is 31.5 Å². The molecule has 2 N–H and O–H groups in total. The zero-order chi connectivity index (χ0) is 25.8. The van der Waals surface area contributed by atoms with Gasteiger partial charge in [-0.2, -0.15) is 10.2 Å². The number of rotatable bonds is 7. The number of aromatic amines is 1. The lowest BCUT2D eigenvalue weighted by molar-refractivity contribution is 0.411. The van der Waals surface area contributed by atoms with Gasteiger partial charge in [0, 0.05) is 17.8 Å². The first-order valence-corrected chi connectivity index (χ1v) is 10.5. The van der Waals surface area contributed by atoms with E-state index in [2.05, 4.69) is 15.3 Å². The van der Waals surface area contributed by atoms with Gasteiger partial charge in [-0.05, 0) is 35.9 Å². The molecule has 0 aliphatic heterocycles. The molecular weight excluding hydrogens is 474 g/mol. The Kier molecular flexibility index (Phi) is 6.73.